The zero-order valence-corrected chi connectivity index (χ0v) is 15.6. The van der Waals surface area contributed by atoms with Crippen molar-refractivity contribution >= 4 is 35.2 Å². The third-order valence-corrected chi connectivity index (χ3v) is 5.78. The van der Waals surface area contributed by atoms with Crippen molar-refractivity contribution in [2.75, 3.05) is 6.54 Å². The monoisotopic (exact) mass is 394 g/mol. The first-order valence-electron chi connectivity index (χ1n) is 8.79. The lowest BCUT2D eigenvalue weighted by molar-refractivity contribution is -0.384. The molecule has 0 unspecified atom stereocenters. The van der Waals surface area contributed by atoms with Gasteiger partial charge in [-0.15, -0.1) is 11.8 Å². The minimum absolute atomic E-state index is 0.00135. The number of rotatable bonds is 5. The fourth-order valence-corrected chi connectivity index (χ4v) is 4.38. The van der Waals surface area contributed by atoms with Gasteiger partial charge in [0.2, 0.25) is 0 Å². The second-order valence-corrected chi connectivity index (χ2v) is 7.45. The summed E-state index contributed by atoms with van der Waals surface area (Å²) in [5.41, 5.74) is 2.88. The molecule has 2 aromatic rings. The molecule has 0 amide bonds. The molecule has 0 aromatic heterocycles. The summed E-state index contributed by atoms with van der Waals surface area (Å²) in [7, 11) is 0. The number of aliphatic hydroxyl groups excluding tert-OH is 1. The maximum atomic E-state index is 10.8. The first kappa shape index (κ1) is 18.4. The summed E-state index contributed by atoms with van der Waals surface area (Å²) in [6.07, 6.45) is 0.804. The van der Waals surface area contributed by atoms with Crippen LogP contribution in [0.1, 0.15) is 17.2 Å². The Bertz CT molecular complexity index is 957. The number of amidine groups is 1. The van der Waals surface area contributed by atoms with Crippen LogP contribution in [-0.4, -0.2) is 34.1 Å². The van der Waals surface area contributed by atoms with E-state index >= 15 is 0 Å². The number of nitrogens with one attached hydrogen (secondary N) is 1. The lowest BCUT2D eigenvalue weighted by atomic mass is 9.92. The number of aliphatic hydroxyl groups is 1. The van der Waals surface area contributed by atoms with Crippen LogP contribution in [0.2, 0.25) is 0 Å². The van der Waals surface area contributed by atoms with E-state index in [2.05, 4.69) is 32.8 Å². The molecule has 0 bridgehead atoms. The molecule has 0 saturated heterocycles. The summed E-state index contributed by atoms with van der Waals surface area (Å²) < 4.78 is 0. The van der Waals surface area contributed by atoms with Crippen LogP contribution in [0.15, 0.2) is 70.0 Å². The molecule has 0 aliphatic carbocycles. The smallest absolute Gasteiger partial charge is 0.269 e. The van der Waals surface area contributed by atoms with Gasteiger partial charge in [-0.05, 0) is 34.2 Å². The van der Waals surface area contributed by atoms with Crippen molar-refractivity contribution in [2.45, 2.75) is 11.5 Å². The number of benzene rings is 2. The number of hydrogen-bond donors (Lipinski definition) is 2. The molecule has 2 N–H and O–H groups in total. The van der Waals surface area contributed by atoms with E-state index in [9.17, 15) is 15.2 Å². The van der Waals surface area contributed by atoms with Crippen molar-refractivity contribution in [1.29, 1.82) is 0 Å². The van der Waals surface area contributed by atoms with Crippen LogP contribution in [0.3, 0.4) is 0 Å². The zero-order chi connectivity index (χ0) is 19.5. The van der Waals surface area contributed by atoms with Gasteiger partial charge in [0.15, 0.2) is 0 Å². The molecular weight excluding hydrogens is 376 g/mol. The van der Waals surface area contributed by atoms with Crippen molar-refractivity contribution < 1.29 is 10.0 Å². The normalized spacial score (nSPS) is 23.0. The molecule has 2 heterocycles. The van der Waals surface area contributed by atoms with Crippen LogP contribution < -0.4 is 5.32 Å². The van der Waals surface area contributed by atoms with Crippen molar-refractivity contribution in [3.63, 3.8) is 0 Å². The average Bonchev–Trinajstić information content (AvgIpc) is 3.17. The van der Waals surface area contributed by atoms with Crippen molar-refractivity contribution in [1.82, 2.24) is 5.32 Å². The molecular formula is C20H18N4O3S. The first-order chi connectivity index (χ1) is 13.6. The van der Waals surface area contributed by atoms with Crippen LogP contribution in [0, 0.1) is 16.0 Å². The number of nitrogens with zero attached hydrogens (tertiary/aromatic N) is 3. The van der Waals surface area contributed by atoms with E-state index in [1.807, 2.05) is 18.2 Å². The second kappa shape index (κ2) is 7.95. The lowest BCUT2D eigenvalue weighted by Crippen LogP contribution is -2.39. The summed E-state index contributed by atoms with van der Waals surface area (Å²) in [5, 5.41) is 26.5. The third-order valence-electron chi connectivity index (χ3n) is 4.71. The van der Waals surface area contributed by atoms with E-state index in [-0.39, 0.29) is 23.5 Å². The van der Waals surface area contributed by atoms with E-state index in [1.165, 1.54) is 12.1 Å². The molecule has 0 fully saturated rings. The highest BCUT2D eigenvalue weighted by Crippen LogP contribution is 2.43. The Kier molecular flexibility index (Phi) is 5.23. The van der Waals surface area contributed by atoms with E-state index < -0.39 is 11.0 Å². The molecule has 0 radical (unpaired) electrons. The van der Waals surface area contributed by atoms with E-state index in [0.717, 1.165) is 17.0 Å². The molecule has 7 nitrogen and oxygen atoms in total. The Morgan fingerprint density at radius 3 is 2.68 bits per heavy atom. The number of non-ortho nitro benzene ring substituents is 1. The summed E-state index contributed by atoms with van der Waals surface area (Å²) in [5.74, 6) is 0.766. The first-order valence-corrected chi connectivity index (χ1v) is 9.73. The van der Waals surface area contributed by atoms with E-state index in [1.54, 1.807) is 30.2 Å². The molecule has 4 rings (SSSR count). The summed E-state index contributed by atoms with van der Waals surface area (Å²) in [6.45, 7) is 0.157. The minimum Gasteiger partial charge on any atom is -0.386 e. The molecule has 28 heavy (non-hydrogen) atoms. The van der Waals surface area contributed by atoms with Crippen LogP contribution in [-0.2, 0) is 0 Å². The van der Waals surface area contributed by atoms with Crippen LogP contribution in [0.4, 0.5) is 5.69 Å². The quantitative estimate of drug-likeness (QED) is 0.598. The number of aliphatic imine (C=N–C) groups is 2. The van der Waals surface area contributed by atoms with Crippen LogP contribution in [0.5, 0.6) is 0 Å². The lowest BCUT2D eigenvalue weighted by Gasteiger charge is -2.25. The minimum atomic E-state index is -0.842. The molecule has 0 saturated carbocycles. The summed E-state index contributed by atoms with van der Waals surface area (Å²) in [6, 6.07) is 16.0. The summed E-state index contributed by atoms with van der Waals surface area (Å²) >= 11 is 1.66. The number of hydrogen-bond acceptors (Lipinski definition) is 6. The number of thioether (sulfide) groups is 1. The van der Waals surface area contributed by atoms with Gasteiger partial charge in [-0.3, -0.25) is 20.1 Å². The Morgan fingerprint density at radius 1 is 1.21 bits per heavy atom. The maximum absolute atomic E-state index is 10.8. The highest BCUT2D eigenvalue weighted by Gasteiger charge is 2.36. The van der Waals surface area contributed by atoms with Crippen molar-refractivity contribution in [3.05, 3.63) is 81.2 Å². The van der Waals surface area contributed by atoms with Gasteiger partial charge < -0.3 is 10.4 Å². The van der Waals surface area contributed by atoms with Gasteiger partial charge in [-0.1, -0.05) is 30.3 Å². The van der Waals surface area contributed by atoms with Gasteiger partial charge >= 0.3 is 0 Å². The fraction of sp³-hybridized carbons (Fsp3) is 0.200. The highest BCUT2D eigenvalue weighted by atomic mass is 32.2. The van der Waals surface area contributed by atoms with Crippen LogP contribution >= 0.6 is 11.8 Å². The molecule has 142 valence electrons. The Balaban J connectivity index is 1.52. The van der Waals surface area contributed by atoms with Crippen LogP contribution in [0.25, 0.3) is 5.57 Å². The molecule has 2 aliphatic heterocycles. The van der Waals surface area contributed by atoms with Gasteiger partial charge in [0.05, 0.1) is 29.8 Å². The fourth-order valence-electron chi connectivity index (χ4n) is 3.25. The predicted octanol–water partition coefficient (Wildman–Crippen LogP) is 3.39. The Hall–Kier alpha value is -2.97. The second-order valence-electron chi connectivity index (χ2n) is 6.46. The zero-order valence-electron chi connectivity index (χ0n) is 14.8. The van der Waals surface area contributed by atoms with Gasteiger partial charge in [-0.2, -0.15) is 0 Å². The molecule has 2 aromatic carbocycles. The van der Waals surface area contributed by atoms with Crippen molar-refractivity contribution in [3.8, 4) is 0 Å². The van der Waals surface area contributed by atoms with Gasteiger partial charge in [-0.25, -0.2) is 0 Å². The SMILES string of the molecule is O=[N+]([O-])c1ccc([C@@H](O)CN=C2NC=N[C@H]3SC=C(c4ccccc4)[C@H]23)cc1. The molecule has 8 heteroatoms. The van der Waals surface area contributed by atoms with Crippen molar-refractivity contribution in [2.24, 2.45) is 15.9 Å². The Morgan fingerprint density at radius 2 is 1.96 bits per heavy atom. The van der Waals surface area contributed by atoms with Gasteiger partial charge in [0.25, 0.3) is 5.69 Å². The third kappa shape index (κ3) is 3.69. The largest absolute Gasteiger partial charge is 0.386 e. The standard InChI is InChI=1S/C20H18N4O3S/c25-17(14-6-8-15(9-7-14)24(26)27)10-21-19-18-16(13-4-2-1-3-5-13)11-28-20(18)23-12-22-19/h1-9,11-12,17-18,20,25H,10H2,(H,21,22,23)/t17-,18+,20-/m0/s1. The molecule has 0 spiro atoms. The highest BCUT2D eigenvalue weighted by molar-refractivity contribution is 8.03. The number of fused-ring (bicyclic) bond motifs is 1. The maximum Gasteiger partial charge on any atom is 0.269 e. The molecule has 2 aliphatic rings. The topological polar surface area (TPSA) is 100 Å². The summed E-state index contributed by atoms with van der Waals surface area (Å²) in [4.78, 5) is 19.4. The van der Waals surface area contributed by atoms with Gasteiger partial charge in [0.1, 0.15) is 11.2 Å². The van der Waals surface area contributed by atoms with E-state index in [0.29, 0.717) is 5.56 Å². The predicted molar refractivity (Wildman–Crippen MR) is 111 cm³/mol. The number of nitro benzene ring substituents is 1. The van der Waals surface area contributed by atoms with Gasteiger partial charge in [0, 0.05) is 12.1 Å². The average molecular weight is 394 g/mol. The Labute approximate surface area is 166 Å². The molecule has 3 atom stereocenters. The van der Waals surface area contributed by atoms with E-state index in [4.69, 9.17) is 0 Å². The number of nitro groups is 1.